The minimum absolute atomic E-state index is 0.153. The Kier molecular flexibility index (Phi) is 4.95. The molecule has 0 spiro atoms. The normalized spacial score (nSPS) is 16.3. The van der Waals surface area contributed by atoms with Crippen molar-refractivity contribution in [2.24, 2.45) is 7.05 Å². The van der Waals surface area contributed by atoms with Crippen molar-refractivity contribution in [1.29, 1.82) is 0 Å². The van der Waals surface area contributed by atoms with Crippen LogP contribution in [0.4, 0.5) is 11.5 Å². The Morgan fingerprint density at radius 1 is 1.12 bits per heavy atom. The molecule has 1 unspecified atom stereocenters. The molecule has 9 heteroatoms. The fourth-order valence-corrected chi connectivity index (χ4v) is 4.49. The van der Waals surface area contributed by atoms with E-state index < -0.39 is 0 Å². The summed E-state index contributed by atoms with van der Waals surface area (Å²) in [6.45, 7) is 3.47. The number of rotatable bonds is 7. The van der Waals surface area contributed by atoms with Gasteiger partial charge in [-0.25, -0.2) is 4.68 Å². The molecule has 33 heavy (non-hydrogen) atoms. The van der Waals surface area contributed by atoms with Gasteiger partial charge in [0.1, 0.15) is 11.5 Å². The van der Waals surface area contributed by atoms with Gasteiger partial charge in [-0.1, -0.05) is 35.5 Å². The van der Waals surface area contributed by atoms with Gasteiger partial charge in [0.05, 0.1) is 29.8 Å². The van der Waals surface area contributed by atoms with E-state index in [1.54, 1.807) is 4.68 Å². The van der Waals surface area contributed by atoms with Crippen LogP contribution in [0.15, 0.2) is 61.3 Å². The molecule has 0 aliphatic carbocycles. The van der Waals surface area contributed by atoms with Crippen LogP contribution in [0.2, 0.25) is 0 Å². The maximum Gasteiger partial charge on any atom is 0.132 e. The second kappa shape index (κ2) is 8.25. The Bertz CT molecular complexity index is 1280. The van der Waals surface area contributed by atoms with E-state index in [4.69, 9.17) is 0 Å². The molecule has 1 saturated heterocycles. The Morgan fingerprint density at radius 3 is 2.76 bits per heavy atom. The molecule has 2 aliphatic rings. The minimum atomic E-state index is 0.153. The summed E-state index contributed by atoms with van der Waals surface area (Å²) in [6.07, 6.45) is 12.1. The van der Waals surface area contributed by atoms with Crippen LogP contribution in [0.1, 0.15) is 30.0 Å². The summed E-state index contributed by atoms with van der Waals surface area (Å²) in [5, 5.41) is 20.3. The van der Waals surface area contributed by atoms with Gasteiger partial charge in [-0.3, -0.25) is 4.68 Å². The summed E-state index contributed by atoms with van der Waals surface area (Å²) >= 11 is 0. The molecule has 0 amide bonds. The van der Waals surface area contributed by atoms with Crippen LogP contribution in [0.3, 0.4) is 0 Å². The molecule has 4 aromatic rings. The highest BCUT2D eigenvalue weighted by atomic mass is 15.4. The van der Waals surface area contributed by atoms with Gasteiger partial charge < -0.3 is 20.5 Å². The van der Waals surface area contributed by atoms with Crippen LogP contribution < -0.4 is 10.6 Å². The van der Waals surface area contributed by atoms with Crippen LogP contribution in [-0.4, -0.2) is 54.3 Å². The Balaban J connectivity index is 1.28. The fourth-order valence-electron chi connectivity index (χ4n) is 4.49. The summed E-state index contributed by atoms with van der Waals surface area (Å²) in [6, 6.07) is 10.7. The highest BCUT2D eigenvalue weighted by Gasteiger charge is 2.23. The van der Waals surface area contributed by atoms with E-state index in [9.17, 15) is 0 Å². The van der Waals surface area contributed by atoms with E-state index in [1.165, 1.54) is 25.1 Å². The number of anilines is 2. The lowest BCUT2D eigenvalue weighted by Crippen LogP contribution is -2.38. The van der Waals surface area contributed by atoms with Crippen molar-refractivity contribution in [3.63, 3.8) is 0 Å². The third-order valence-corrected chi connectivity index (χ3v) is 6.47. The molecule has 0 radical (unpaired) electrons. The van der Waals surface area contributed by atoms with Gasteiger partial charge in [0.25, 0.3) is 0 Å². The number of nitrogens with zero attached hydrogens (tertiary/aromatic N) is 6. The molecule has 0 bridgehead atoms. The van der Waals surface area contributed by atoms with Gasteiger partial charge in [-0.2, -0.15) is 5.10 Å². The van der Waals surface area contributed by atoms with Crippen molar-refractivity contribution in [3.8, 4) is 11.3 Å². The van der Waals surface area contributed by atoms with Gasteiger partial charge in [0.15, 0.2) is 0 Å². The quantitative estimate of drug-likeness (QED) is 0.406. The maximum absolute atomic E-state index is 4.56. The molecule has 1 atom stereocenters. The summed E-state index contributed by atoms with van der Waals surface area (Å²) in [5.74, 6) is 0.907. The van der Waals surface area contributed by atoms with Gasteiger partial charge in [0, 0.05) is 43.3 Å². The molecule has 1 aromatic carbocycles. The predicted molar refractivity (Wildman–Crippen MR) is 128 cm³/mol. The molecule has 0 saturated carbocycles. The molecule has 1 fully saturated rings. The topological polar surface area (TPSA) is 91.6 Å². The number of benzene rings is 1. The van der Waals surface area contributed by atoms with Crippen molar-refractivity contribution in [3.05, 3.63) is 72.4 Å². The second-order valence-electron chi connectivity index (χ2n) is 8.68. The molecular weight excluding hydrogens is 414 g/mol. The zero-order chi connectivity index (χ0) is 22.2. The van der Waals surface area contributed by atoms with Gasteiger partial charge in [-0.15, -0.1) is 5.10 Å². The van der Waals surface area contributed by atoms with E-state index in [2.05, 4.69) is 72.5 Å². The summed E-state index contributed by atoms with van der Waals surface area (Å²) in [4.78, 5) is 5.80. The first-order valence-electron chi connectivity index (χ1n) is 11.4. The lowest BCUT2D eigenvalue weighted by molar-refractivity contribution is 0.171. The zero-order valence-corrected chi connectivity index (χ0v) is 18.6. The van der Waals surface area contributed by atoms with E-state index in [0.717, 1.165) is 47.0 Å². The summed E-state index contributed by atoms with van der Waals surface area (Å²) < 4.78 is 3.80. The van der Waals surface area contributed by atoms with Crippen molar-refractivity contribution < 1.29 is 0 Å². The molecule has 3 N–H and O–H groups in total. The number of H-pyrrole nitrogens is 1. The number of hydrogen-bond donors (Lipinski definition) is 3. The van der Waals surface area contributed by atoms with E-state index >= 15 is 0 Å². The average molecular weight is 442 g/mol. The lowest BCUT2D eigenvalue weighted by Gasteiger charge is -2.32. The monoisotopic (exact) mass is 441 g/mol. The molecule has 5 heterocycles. The SMILES string of the molecule is Cn1cc(C2=CNc3[nH]cc(-c4cn(C(CCN5CCC5)c5ccccc5)nn4)c3N2)cn1. The van der Waals surface area contributed by atoms with Gasteiger partial charge >= 0.3 is 0 Å². The lowest BCUT2D eigenvalue weighted by atomic mass is 10.0. The predicted octanol–water partition coefficient (Wildman–Crippen LogP) is 3.53. The second-order valence-corrected chi connectivity index (χ2v) is 8.68. The van der Waals surface area contributed by atoms with Gasteiger partial charge in [0.2, 0.25) is 0 Å². The number of aromatic nitrogens is 6. The Morgan fingerprint density at radius 2 is 2.00 bits per heavy atom. The average Bonchev–Trinajstić information content (AvgIpc) is 3.55. The van der Waals surface area contributed by atoms with Crippen LogP contribution in [0, 0.1) is 0 Å². The number of hydrogen-bond acceptors (Lipinski definition) is 6. The van der Waals surface area contributed by atoms with E-state index in [-0.39, 0.29) is 6.04 Å². The Labute approximate surface area is 192 Å². The zero-order valence-electron chi connectivity index (χ0n) is 18.6. The molecule has 3 aromatic heterocycles. The number of fused-ring (bicyclic) bond motifs is 1. The molecule has 9 nitrogen and oxygen atoms in total. The van der Waals surface area contributed by atoms with Crippen molar-refractivity contribution in [2.75, 3.05) is 30.3 Å². The molecule has 6 rings (SSSR count). The standard InChI is InChI=1S/C24H27N9/c1-31-15-18(12-27-31)20-14-26-24-23(28-20)19(13-25-24)21-16-33(30-29-21)22(8-11-32-9-5-10-32)17-6-3-2-4-7-17/h2-4,6-7,12-16,22,25-26,28H,5,8-11H2,1H3. The number of aryl methyl sites for hydroxylation is 1. The third-order valence-electron chi connectivity index (χ3n) is 6.47. The van der Waals surface area contributed by atoms with E-state index in [0.29, 0.717) is 0 Å². The van der Waals surface area contributed by atoms with Crippen LogP contribution in [-0.2, 0) is 7.05 Å². The van der Waals surface area contributed by atoms with Crippen LogP contribution in [0.5, 0.6) is 0 Å². The number of likely N-dealkylation sites (tertiary alicyclic amines) is 1. The van der Waals surface area contributed by atoms with Crippen LogP contribution >= 0.6 is 0 Å². The molecular formula is C24H27N9. The van der Waals surface area contributed by atoms with Crippen molar-refractivity contribution >= 4 is 17.2 Å². The first-order valence-corrected chi connectivity index (χ1v) is 11.4. The largest absolute Gasteiger partial charge is 0.350 e. The Hall–Kier alpha value is -3.85. The highest BCUT2D eigenvalue weighted by Crippen LogP contribution is 2.38. The summed E-state index contributed by atoms with van der Waals surface area (Å²) in [5.41, 5.74) is 6.00. The number of aromatic amines is 1. The molecule has 168 valence electrons. The maximum atomic E-state index is 4.56. The van der Waals surface area contributed by atoms with Crippen molar-refractivity contribution in [1.82, 2.24) is 34.7 Å². The smallest absolute Gasteiger partial charge is 0.132 e. The summed E-state index contributed by atoms with van der Waals surface area (Å²) in [7, 11) is 1.91. The van der Waals surface area contributed by atoms with Gasteiger partial charge in [-0.05, 0) is 31.5 Å². The number of nitrogens with one attached hydrogen (secondary N) is 3. The molecule has 2 aliphatic heterocycles. The fraction of sp³-hybridized carbons (Fsp3) is 0.292. The van der Waals surface area contributed by atoms with Crippen LogP contribution in [0.25, 0.3) is 17.0 Å². The minimum Gasteiger partial charge on any atom is -0.350 e. The first kappa shape index (κ1) is 19.8. The van der Waals surface area contributed by atoms with Crippen molar-refractivity contribution in [2.45, 2.75) is 18.9 Å². The van der Waals surface area contributed by atoms with E-state index in [1.807, 2.05) is 36.5 Å². The first-order chi connectivity index (χ1) is 16.2. The third kappa shape index (κ3) is 3.80. The highest BCUT2D eigenvalue weighted by molar-refractivity contribution is 5.94.